The standard InChI is InChI=1S/C31H34FN3O5P2S/c1-17-7-5-10-24(33-17)22-15-23(25(40-4)16-26(22)41)30(37)35(3)28-19-12-11-18(13-19)27(28)29(36)34-20-8-6-9-21(14-20)43(38,39)31(2,32)42/h5-12,14-16,18-19,27-28H,13,41-42H2,1-4H3,(H,34,36)/t18-,19-,27-,28+,31?/m0/s1. The summed E-state index contributed by atoms with van der Waals surface area (Å²) in [7, 11) is 3.26. The van der Waals surface area contributed by atoms with E-state index in [0.717, 1.165) is 29.2 Å². The Morgan fingerprint density at radius 2 is 1.81 bits per heavy atom. The lowest BCUT2D eigenvalue weighted by molar-refractivity contribution is -0.122. The molecule has 0 spiro atoms. The maximum atomic E-state index is 14.4. The summed E-state index contributed by atoms with van der Waals surface area (Å²) in [5, 5.41) is 3.65. The van der Waals surface area contributed by atoms with Crippen molar-refractivity contribution < 1.29 is 27.1 Å². The third kappa shape index (κ3) is 5.85. The number of carbonyl (C=O) groups excluding carboxylic acids is 2. The number of carbonyl (C=O) groups is 2. The van der Waals surface area contributed by atoms with Crippen molar-refractivity contribution in [2.75, 3.05) is 19.5 Å². The first-order valence-corrected chi connectivity index (χ1v) is 16.4. The van der Waals surface area contributed by atoms with E-state index in [1.54, 1.807) is 39.4 Å². The molecule has 8 nitrogen and oxygen atoms in total. The topological polar surface area (TPSA) is 106 Å². The number of nitrogens with one attached hydrogen (secondary N) is 1. The Morgan fingerprint density at radius 3 is 2.49 bits per heavy atom. The maximum absolute atomic E-state index is 14.4. The van der Waals surface area contributed by atoms with Gasteiger partial charge in [-0.1, -0.05) is 33.5 Å². The van der Waals surface area contributed by atoms with Crippen LogP contribution in [-0.4, -0.2) is 55.1 Å². The lowest BCUT2D eigenvalue weighted by Gasteiger charge is -2.35. The summed E-state index contributed by atoms with van der Waals surface area (Å²) in [6.45, 7) is 2.85. The molecule has 0 aliphatic heterocycles. The van der Waals surface area contributed by atoms with E-state index < -0.39 is 26.5 Å². The number of hydrogen-bond donors (Lipinski definition) is 1. The van der Waals surface area contributed by atoms with Crippen LogP contribution < -0.4 is 15.4 Å². The van der Waals surface area contributed by atoms with Gasteiger partial charge in [0.25, 0.3) is 5.91 Å². The third-order valence-corrected chi connectivity index (χ3v) is 11.5. The second-order valence-corrected chi connectivity index (χ2v) is 15.6. The van der Waals surface area contributed by atoms with E-state index in [2.05, 4.69) is 19.5 Å². The molecule has 1 N–H and O–H groups in total. The van der Waals surface area contributed by atoms with E-state index in [0.29, 0.717) is 17.7 Å². The van der Waals surface area contributed by atoms with Crippen molar-refractivity contribution in [2.24, 2.45) is 17.8 Å². The van der Waals surface area contributed by atoms with E-state index in [4.69, 9.17) is 4.74 Å². The van der Waals surface area contributed by atoms with Crippen LogP contribution in [0.1, 0.15) is 29.4 Å². The van der Waals surface area contributed by atoms with Gasteiger partial charge in [0.05, 0.1) is 35.2 Å². The third-order valence-electron chi connectivity index (χ3n) is 8.19. The van der Waals surface area contributed by atoms with Crippen LogP contribution in [0.5, 0.6) is 5.75 Å². The predicted octanol–water partition coefficient (Wildman–Crippen LogP) is 4.76. The molecule has 0 radical (unpaired) electrons. The quantitative estimate of drug-likeness (QED) is 0.281. The summed E-state index contributed by atoms with van der Waals surface area (Å²) >= 11 is 0. The summed E-state index contributed by atoms with van der Waals surface area (Å²) in [5.74, 6) is -0.943. The number of methoxy groups -OCH3 is 1. The van der Waals surface area contributed by atoms with Gasteiger partial charge in [-0.3, -0.25) is 14.6 Å². The fourth-order valence-electron chi connectivity index (χ4n) is 6.04. The fourth-order valence-corrected chi connectivity index (χ4v) is 7.83. The zero-order valence-electron chi connectivity index (χ0n) is 24.2. The van der Waals surface area contributed by atoms with Gasteiger partial charge in [0.15, 0.2) is 0 Å². The Labute approximate surface area is 255 Å². The number of allylic oxidation sites excluding steroid dienone is 1. The van der Waals surface area contributed by atoms with Crippen molar-refractivity contribution >= 4 is 51.1 Å². The largest absolute Gasteiger partial charge is 0.496 e. The summed E-state index contributed by atoms with van der Waals surface area (Å²) < 4.78 is 42.7. The van der Waals surface area contributed by atoms with Crippen LogP contribution in [-0.2, 0) is 14.6 Å². The van der Waals surface area contributed by atoms with Gasteiger partial charge in [0.2, 0.25) is 20.5 Å². The maximum Gasteiger partial charge on any atom is 0.257 e. The minimum Gasteiger partial charge on any atom is -0.496 e. The molecular weight excluding hydrogens is 607 g/mol. The van der Waals surface area contributed by atoms with Gasteiger partial charge < -0.3 is 15.0 Å². The fraction of sp³-hybridized carbons (Fsp3) is 0.323. The number of fused-ring (bicyclic) bond motifs is 2. The van der Waals surface area contributed by atoms with Crippen molar-refractivity contribution in [1.29, 1.82) is 0 Å². The van der Waals surface area contributed by atoms with E-state index >= 15 is 0 Å². The van der Waals surface area contributed by atoms with Gasteiger partial charge in [-0.05, 0) is 79.9 Å². The molecule has 0 saturated heterocycles. The smallest absolute Gasteiger partial charge is 0.257 e. The summed E-state index contributed by atoms with van der Waals surface area (Å²) in [6, 6.07) is 14.4. The molecule has 2 aliphatic rings. The Hall–Kier alpha value is -3.19. The zero-order chi connectivity index (χ0) is 31.3. The number of benzene rings is 2. The minimum absolute atomic E-state index is 0.0318. The number of alkyl halides is 1. The van der Waals surface area contributed by atoms with Crippen LogP contribution in [0.25, 0.3) is 11.3 Å². The van der Waals surface area contributed by atoms with E-state index in [1.807, 2.05) is 37.3 Å². The van der Waals surface area contributed by atoms with Crippen LogP contribution in [0.3, 0.4) is 0 Å². The highest BCUT2D eigenvalue weighted by Crippen LogP contribution is 2.47. The van der Waals surface area contributed by atoms with Crippen LogP contribution in [0.4, 0.5) is 10.1 Å². The molecule has 5 rings (SSSR count). The predicted molar refractivity (Wildman–Crippen MR) is 172 cm³/mol. The lowest BCUT2D eigenvalue weighted by atomic mass is 9.86. The SMILES string of the molecule is COc1cc(P)c(-c2cccc(C)n2)cc1C(=O)N(C)[C@H]1[C@@H](C(=O)Nc2cccc(S(=O)(=O)C(C)(F)P)c2)[C@H]2C=C[C@H]1C2. The number of aryl methyl sites for hydroxylation is 1. The molecule has 2 amide bonds. The van der Waals surface area contributed by atoms with Gasteiger partial charge in [-0.2, -0.15) is 0 Å². The van der Waals surface area contributed by atoms with E-state index in [-0.39, 0.29) is 34.2 Å². The van der Waals surface area contributed by atoms with Crippen molar-refractivity contribution in [3.63, 3.8) is 0 Å². The minimum atomic E-state index is -4.30. The first-order valence-electron chi connectivity index (χ1n) is 13.7. The highest BCUT2D eigenvalue weighted by molar-refractivity contribution is 7.96. The number of sulfone groups is 1. The van der Waals surface area contributed by atoms with Gasteiger partial charge in [-0.25, -0.2) is 12.8 Å². The lowest BCUT2D eigenvalue weighted by Crippen LogP contribution is -2.48. The molecule has 1 saturated carbocycles. The number of anilines is 1. The number of pyridine rings is 1. The van der Waals surface area contributed by atoms with Crippen LogP contribution in [0.15, 0.2) is 71.6 Å². The summed E-state index contributed by atoms with van der Waals surface area (Å²) in [6.07, 6.45) is 4.75. The van der Waals surface area contributed by atoms with Gasteiger partial charge in [-0.15, -0.1) is 9.24 Å². The average molecular weight is 642 g/mol. The number of amides is 2. The highest BCUT2D eigenvalue weighted by atomic mass is 32.2. The Kier molecular flexibility index (Phi) is 8.51. The number of nitrogens with zero attached hydrogens (tertiary/aromatic N) is 2. The molecule has 2 aliphatic carbocycles. The number of aromatic nitrogens is 1. The number of halogens is 1. The number of rotatable bonds is 8. The molecule has 2 aromatic carbocycles. The van der Waals surface area contributed by atoms with Gasteiger partial charge in [0, 0.05) is 24.0 Å². The van der Waals surface area contributed by atoms with E-state index in [9.17, 15) is 22.4 Å². The Bertz CT molecular complexity index is 1740. The summed E-state index contributed by atoms with van der Waals surface area (Å²) in [4.78, 5) is 33.8. The zero-order valence-corrected chi connectivity index (χ0v) is 27.4. The second kappa shape index (κ2) is 11.7. The van der Waals surface area contributed by atoms with Crippen molar-refractivity contribution in [3.05, 3.63) is 78.0 Å². The molecule has 3 aromatic rings. The Morgan fingerprint density at radius 1 is 1.12 bits per heavy atom. The average Bonchev–Trinajstić information content (AvgIpc) is 3.58. The highest BCUT2D eigenvalue weighted by Gasteiger charge is 2.51. The molecule has 1 fully saturated rings. The number of ether oxygens (including phenoxy) is 1. The van der Waals surface area contributed by atoms with Crippen molar-refractivity contribution in [1.82, 2.24) is 9.88 Å². The normalized spacial score (nSPS) is 22.2. The van der Waals surface area contributed by atoms with Crippen LogP contribution >= 0.6 is 18.5 Å². The van der Waals surface area contributed by atoms with E-state index in [1.165, 1.54) is 25.3 Å². The molecular formula is C31H34FN3O5P2S. The van der Waals surface area contributed by atoms with Crippen molar-refractivity contribution in [3.8, 4) is 17.0 Å². The number of hydrogen-bond acceptors (Lipinski definition) is 6. The van der Waals surface area contributed by atoms with Crippen LogP contribution in [0, 0.1) is 24.7 Å². The molecule has 2 bridgehead atoms. The first kappa shape index (κ1) is 31.2. The first-order chi connectivity index (χ1) is 20.2. The molecule has 1 aromatic heterocycles. The van der Waals surface area contributed by atoms with Crippen LogP contribution in [0.2, 0.25) is 0 Å². The summed E-state index contributed by atoms with van der Waals surface area (Å²) in [5.41, 5.74) is 2.93. The van der Waals surface area contributed by atoms with Gasteiger partial charge >= 0.3 is 0 Å². The monoisotopic (exact) mass is 641 g/mol. The van der Waals surface area contributed by atoms with Gasteiger partial charge in [0.1, 0.15) is 5.75 Å². The molecule has 7 atom stereocenters. The molecule has 43 heavy (non-hydrogen) atoms. The molecule has 12 heteroatoms. The van der Waals surface area contributed by atoms with Crippen molar-refractivity contribution in [2.45, 2.75) is 35.9 Å². The second-order valence-electron chi connectivity index (χ2n) is 11.2. The Balaban J connectivity index is 1.44. The molecule has 226 valence electrons. The molecule has 1 heterocycles. The molecule has 3 unspecified atom stereocenters.